The van der Waals surface area contributed by atoms with Gasteiger partial charge >= 0.3 is 0 Å². The molecule has 0 heterocycles. The van der Waals surface area contributed by atoms with Crippen LogP contribution in [0.3, 0.4) is 0 Å². The molecule has 158 valence electrons. The van der Waals surface area contributed by atoms with E-state index in [4.69, 9.17) is 8.92 Å². The Hall–Kier alpha value is -1.96. The van der Waals surface area contributed by atoms with E-state index in [-0.39, 0.29) is 11.7 Å². The molecule has 2 aromatic carbocycles. The van der Waals surface area contributed by atoms with Crippen molar-refractivity contribution in [3.05, 3.63) is 65.0 Å². The average molecular weight is 422 g/mol. The molecule has 7 heteroatoms. The molecule has 2 atom stereocenters. The number of methoxy groups -OCH3 is 1. The number of fused-ring (bicyclic) bond motifs is 1. The van der Waals surface area contributed by atoms with Gasteiger partial charge in [0.05, 0.1) is 13.4 Å². The van der Waals surface area contributed by atoms with Crippen molar-refractivity contribution in [3.8, 4) is 5.75 Å². The van der Waals surface area contributed by atoms with Crippen molar-refractivity contribution in [1.82, 2.24) is 5.32 Å². The van der Waals surface area contributed by atoms with E-state index in [1.54, 1.807) is 13.2 Å². The molecule has 2 aromatic rings. The van der Waals surface area contributed by atoms with Crippen molar-refractivity contribution in [2.24, 2.45) is 0 Å². The maximum Gasteiger partial charge on any atom is 0.265 e. The third-order valence-electron chi connectivity index (χ3n) is 5.51. The Kier molecular flexibility index (Phi) is 6.61. The van der Waals surface area contributed by atoms with Gasteiger partial charge in [0.1, 0.15) is 17.2 Å². The van der Waals surface area contributed by atoms with Crippen molar-refractivity contribution in [2.75, 3.05) is 27.0 Å². The van der Waals surface area contributed by atoms with Crippen LogP contribution < -0.4 is 10.1 Å². The molecule has 0 amide bonds. The van der Waals surface area contributed by atoms with Gasteiger partial charge in [0, 0.05) is 12.1 Å². The lowest BCUT2D eigenvalue weighted by molar-refractivity contribution is 0.0382. The Bertz CT molecular complexity index is 963. The molecular formula is C22H28FNO4S. The Morgan fingerprint density at radius 1 is 1.24 bits per heavy atom. The van der Waals surface area contributed by atoms with Crippen molar-refractivity contribution in [3.63, 3.8) is 0 Å². The van der Waals surface area contributed by atoms with Gasteiger partial charge in [-0.25, -0.2) is 4.39 Å². The summed E-state index contributed by atoms with van der Waals surface area (Å²) in [5, 5.41) is 3.15. The second-order valence-corrected chi connectivity index (χ2v) is 9.21. The van der Waals surface area contributed by atoms with Gasteiger partial charge in [0.25, 0.3) is 10.1 Å². The molecule has 0 spiro atoms. The van der Waals surface area contributed by atoms with Crippen LogP contribution in [-0.4, -0.2) is 35.4 Å². The molecule has 0 bridgehead atoms. The number of halogens is 1. The zero-order chi connectivity index (χ0) is 21.1. The number of likely N-dealkylation sites (N-methyl/N-ethyl adjacent to an activating group) is 1. The summed E-state index contributed by atoms with van der Waals surface area (Å²) in [5.74, 6) is 0.293. The van der Waals surface area contributed by atoms with Gasteiger partial charge in [-0.3, -0.25) is 4.18 Å². The maximum absolute atomic E-state index is 13.9. The summed E-state index contributed by atoms with van der Waals surface area (Å²) < 4.78 is 49.8. The van der Waals surface area contributed by atoms with Crippen LogP contribution in [0.5, 0.6) is 5.75 Å². The predicted molar refractivity (Wildman–Crippen MR) is 111 cm³/mol. The third-order valence-corrected chi connectivity index (χ3v) is 6.13. The molecule has 0 aliphatic heterocycles. The summed E-state index contributed by atoms with van der Waals surface area (Å²) in [4.78, 5) is 0. The first-order valence-corrected chi connectivity index (χ1v) is 11.6. The van der Waals surface area contributed by atoms with Gasteiger partial charge in [0.15, 0.2) is 0 Å². The smallest absolute Gasteiger partial charge is 0.265 e. The van der Waals surface area contributed by atoms with Crippen LogP contribution in [0.2, 0.25) is 0 Å². The fourth-order valence-electron chi connectivity index (χ4n) is 4.46. The number of benzene rings is 2. The van der Waals surface area contributed by atoms with Crippen molar-refractivity contribution in [2.45, 2.75) is 37.2 Å². The van der Waals surface area contributed by atoms with Gasteiger partial charge in [-0.1, -0.05) is 24.3 Å². The van der Waals surface area contributed by atoms with Crippen LogP contribution in [0.4, 0.5) is 4.39 Å². The predicted octanol–water partition coefficient (Wildman–Crippen LogP) is 3.74. The number of hydrogen-bond acceptors (Lipinski definition) is 5. The summed E-state index contributed by atoms with van der Waals surface area (Å²) in [6, 6.07) is 12.1. The molecule has 2 unspecified atom stereocenters. The molecule has 0 saturated carbocycles. The highest BCUT2D eigenvalue weighted by Gasteiger charge is 2.43. The second-order valence-electron chi connectivity index (χ2n) is 7.64. The van der Waals surface area contributed by atoms with Crippen LogP contribution >= 0.6 is 0 Å². The highest BCUT2D eigenvalue weighted by atomic mass is 32.2. The minimum absolute atomic E-state index is 0.130. The summed E-state index contributed by atoms with van der Waals surface area (Å²) in [5.41, 5.74) is 1.60. The van der Waals surface area contributed by atoms with E-state index in [1.165, 1.54) is 12.1 Å². The SMILES string of the molecule is CNCC(CC1(OS(C)(=O)=O)CCCc2c(OC)cccc21)c1cccc(F)c1. The van der Waals surface area contributed by atoms with Gasteiger partial charge in [0.2, 0.25) is 0 Å². The topological polar surface area (TPSA) is 64.6 Å². The molecule has 5 nitrogen and oxygen atoms in total. The van der Waals surface area contributed by atoms with Gasteiger partial charge < -0.3 is 10.1 Å². The number of nitrogens with one attached hydrogen (secondary N) is 1. The number of rotatable bonds is 8. The molecule has 29 heavy (non-hydrogen) atoms. The van der Waals surface area contributed by atoms with Crippen LogP contribution in [0, 0.1) is 5.82 Å². The van der Waals surface area contributed by atoms with Crippen LogP contribution in [0.1, 0.15) is 41.9 Å². The summed E-state index contributed by atoms with van der Waals surface area (Å²) in [7, 11) is -0.292. The van der Waals surface area contributed by atoms with Crippen LogP contribution in [-0.2, 0) is 26.3 Å². The fourth-order valence-corrected chi connectivity index (χ4v) is 5.28. The molecule has 0 radical (unpaired) electrons. The average Bonchev–Trinajstić information content (AvgIpc) is 2.66. The minimum atomic E-state index is -3.73. The summed E-state index contributed by atoms with van der Waals surface area (Å²) in [6.45, 7) is 0.567. The first-order chi connectivity index (χ1) is 13.8. The van der Waals surface area contributed by atoms with E-state index in [1.807, 2.05) is 31.3 Å². The Morgan fingerprint density at radius 3 is 2.66 bits per heavy atom. The van der Waals surface area contributed by atoms with Crippen molar-refractivity contribution < 1.29 is 21.7 Å². The van der Waals surface area contributed by atoms with Crippen molar-refractivity contribution >= 4 is 10.1 Å². The lowest BCUT2D eigenvalue weighted by atomic mass is 9.73. The lowest BCUT2D eigenvalue weighted by Crippen LogP contribution is -2.39. The zero-order valence-corrected chi connectivity index (χ0v) is 17.9. The Labute approximate surface area is 172 Å². The summed E-state index contributed by atoms with van der Waals surface area (Å²) in [6.07, 6.45) is 3.63. The monoisotopic (exact) mass is 421 g/mol. The molecule has 0 fully saturated rings. The Morgan fingerprint density at radius 2 is 2.00 bits per heavy atom. The van der Waals surface area contributed by atoms with Crippen molar-refractivity contribution in [1.29, 1.82) is 0 Å². The third kappa shape index (κ3) is 4.97. The maximum atomic E-state index is 13.9. The molecule has 1 aliphatic rings. The van der Waals surface area contributed by atoms with E-state index >= 15 is 0 Å². The van der Waals surface area contributed by atoms with Gasteiger partial charge in [-0.2, -0.15) is 8.42 Å². The van der Waals surface area contributed by atoms with E-state index in [2.05, 4.69) is 5.32 Å². The fraction of sp³-hybridized carbons (Fsp3) is 0.455. The first-order valence-electron chi connectivity index (χ1n) is 9.75. The minimum Gasteiger partial charge on any atom is -0.496 e. The number of ether oxygens (including phenoxy) is 1. The molecule has 0 saturated heterocycles. The van der Waals surface area contributed by atoms with Gasteiger partial charge in [-0.15, -0.1) is 0 Å². The van der Waals surface area contributed by atoms with E-state index in [0.29, 0.717) is 19.4 Å². The van der Waals surface area contributed by atoms with E-state index in [0.717, 1.165) is 41.5 Å². The molecular weight excluding hydrogens is 393 g/mol. The molecule has 1 aliphatic carbocycles. The largest absolute Gasteiger partial charge is 0.496 e. The quantitative estimate of drug-likeness (QED) is 0.658. The first kappa shape index (κ1) is 21.7. The van der Waals surface area contributed by atoms with E-state index in [9.17, 15) is 12.8 Å². The highest BCUT2D eigenvalue weighted by Crippen LogP contribution is 2.47. The summed E-state index contributed by atoms with van der Waals surface area (Å²) >= 11 is 0. The lowest BCUT2D eigenvalue weighted by Gasteiger charge is -2.40. The standard InChI is InChI=1S/C22H28FNO4S/c1-24-15-17(16-7-4-8-18(23)13-16)14-22(28-29(3,25)26)12-6-9-19-20(22)10-5-11-21(19)27-2/h4-5,7-8,10-11,13,17,24H,6,9,12,14-15H2,1-3H3. The zero-order valence-electron chi connectivity index (χ0n) is 17.1. The highest BCUT2D eigenvalue weighted by molar-refractivity contribution is 7.86. The second kappa shape index (κ2) is 8.81. The number of hydrogen-bond donors (Lipinski definition) is 1. The van der Waals surface area contributed by atoms with Crippen LogP contribution in [0.15, 0.2) is 42.5 Å². The molecule has 1 N–H and O–H groups in total. The molecule has 0 aromatic heterocycles. The molecule has 3 rings (SSSR count). The van der Waals surface area contributed by atoms with E-state index < -0.39 is 15.7 Å². The van der Waals surface area contributed by atoms with Gasteiger partial charge in [-0.05, 0) is 68.0 Å². The van der Waals surface area contributed by atoms with Crippen LogP contribution in [0.25, 0.3) is 0 Å². The normalized spacial score (nSPS) is 20.1. The Balaban J connectivity index is 2.11.